The van der Waals surface area contributed by atoms with Gasteiger partial charge in [0.2, 0.25) is 5.78 Å². The molecule has 0 saturated heterocycles. The first-order valence-electron chi connectivity index (χ1n) is 3.67. The number of carbonyl (C=O) groups excluding carboxylic acids is 2. The first kappa shape index (κ1) is 10.2. The standard InChI is InChI=1S/C9H8INO2/c1-6(12)9(13)11-8-4-2-7(10)3-5-8/h2-5H,1H3,(H,11,13). The molecule has 0 radical (unpaired) electrons. The van der Waals surface area contributed by atoms with Crippen LogP contribution in [0.15, 0.2) is 24.3 Å². The van der Waals surface area contributed by atoms with E-state index in [0.717, 1.165) is 3.57 Å². The lowest BCUT2D eigenvalue weighted by Crippen LogP contribution is -2.19. The largest absolute Gasteiger partial charge is 0.319 e. The van der Waals surface area contributed by atoms with E-state index in [-0.39, 0.29) is 0 Å². The summed E-state index contributed by atoms with van der Waals surface area (Å²) in [6, 6.07) is 7.22. The summed E-state index contributed by atoms with van der Waals surface area (Å²) in [7, 11) is 0. The number of benzene rings is 1. The molecule has 0 aromatic heterocycles. The van der Waals surface area contributed by atoms with E-state index < -0.39 is 11.7 Å². The molecule has 0 fully saturated rings. The molecule has 0 aliphatic rings. The highest BCUT2D eigenvalue weighted by Crippen LogP contribution is 2.10. The van der Waals surface area contributed by atoms with Crippen LogP contribution in [-0.2, 0) is 9.59 Å². The smallest absolute Gasteiger partial charge is 0.291 e. The molecule has 0 saturated carbocycles. The number of rotatable bonds is 2. The van der Waals surface area contributed by atoms with Gasteiger partial charge in [-0.2, -0.15) is 0 Å². The van der Waals surface area contributed by atoms with Crippen LogP contribution in [0.4, 0.5) is 5.69 Å². The molecule has 0 bridgehead atoms. The predicted octanol–water partition coefficient (Wildman–Crippen LogP) is 1.82. The number of halogens is 1. The van der Waals surface area contributed by atoms with Crippen LogP contribution in [0, 0.1) is 3.57 Å². The van der Waals surface area contributed by atoms with Gasteiger partial charge in [0.25, 0.3) is 5.91 Å². The van der Waals surface area contributed by atoms with Gasteiger partial charge in [-0.25, -0.2) is 0 Å². The van der Waals surface area contributed by atoms with Gasteiger partial charge in [-0.3, -0.25) is 9.59 Å². The Morgan fingerprint density at radius 1 is 1.23 bits per heavy atom. The molecule has 1 aromatic rings. The predicted molar refractivity (Wildman–Crippen MR) is 58.5 cm³/mol. The summed E-state index contributed by atoms with van der Waals surface area (Å²) < 4.78 is 1.08. The Bertz CT molecular complexity index is 332. The van der Waals surface area contributed by atoms with Crippen molar-refractivity contribution in [1.29, 1.82) is 0 Å². The van der Waals surface area contributed by atoms with Crippen LogP contribution in [0.3, 0.4) is 0 Å². The average molecular weight is 289 g/mol. The summed E-state index contributed by atoms with van der Waals surface area (Å²) in [4.78, 5) is 21.5. The Labute approximate surface area is 89.7 Å². The minimum atomic E-state index is -0.582. The number of carbonyl (C=O) groups is 2. The summed E-state index contributed by atoms with van der Waals surface area (Å²) in [6.45, 7) is 1.24. The Morgan fingerprint density at radius 3 is 2.23 bits per heavy atom. The third-order valence-corrected chi connectivity index (χ3v) is 2.14. The minimum Gasteiger partial charge on any atom is -0.319 e. The lowest BCUT2D eigenvalue weighted by Gasteiger charge is -2.01. The molecular formula is C9H8INO2. The SMILES string of the molecule is CC(=O)C(=O)Nc1ccc(I)cc1. The van der Waals surface area contributed by atoms with Crippen molar-refractivity contribution in [2.45, 2.75) is 6.92 Å². The van der Waals surface area contributed by atoms with Crippen molar-refractivity contribution in [1.82, 2.24) is 0 Å². The molecule has 0 aliphatic carbocycles. The first-order valence-corrected chi connectivity index (χ1v) is 4.75. The van der Waals surface area contributed by atoms with Gasteiger partial charge in [-0.1, -0.05) is 0 Å². The number of anilines is 1. The lowest BCUT2D eigenvalue weighted by molar-refractivity contribution is -0.133. The number of amides is 1. The van der Waals surface area contributed by atoms with Gasteiger partial charge >= 0.3 is 0 Å². The molecule has 3 nitrogen and oxygen atoms in total. The third-order valence-electron chi connectivity index (χ3n) is 1.42. The van der Waals surface area contributed by atoms with Crippen molar-refractivity contribution in [3.63, 3.8) is 0 Å². The molecule has 1 aromatic carbocycles. The van der Waals surface area contributed by atoms with E-state index in [2.05, 4.69) is 27.9 Å². The van der Waals surface area contributed by atoms with Gasteiger partial charge in [0.05, 0.1) is 0 Å². The zero-order valence-electron chi connectivity index (χ0n) is 7.00. The number of nitrogens with one attached hydrogen (secondary N) is 1. The molecule has 1 rings (SSSR count). The first-order chi connectivity index (χ1) is 6.09. The Kier molecular flexibility index (Phi) is 3.41. The normalized spacial score (nSPS) is 9.38. The maximum Gasteiger partial charge on any atom is 0.291 e. The van der Waals surface area contributed by atoms with Crippen molar-refractivity contribution in [2.75, 3.05) is 5.32 Å². The van der Waals surface area contributed by atoms with E-state index in [1.165, 1.54) is 6.92 Å². The van der Waals surface area contributed by atoms with Crippen molar-refractivity contribution in [2.24, 2.45) is 0 Å². The highest BCUT2D eigenvalue weighted by molar-refractivity contribution is 14.1. The molecule has 1 amide bonds. The van der Waals surface area contributed by atoms with Gasteiger partial charge in [0.15, 0.2) is 0 Å². The summed E-state index contributed by atoms with van der Waals surface area (Å²) in [5, 5.41) is 2.48. The maximum atomic E-state index is 10.9. The quantitative estimate of drug-likeness (QED) is 0.667. The van der Waals surface area contributed by atoms with Gasteiger partial charge in [0, 0.05) is 16.2 Å². The Balaban J connectivity index is 2.70. The fraction of sp³-hybridized carbons (Fsp3) is 0.111. The zero-order valence-corrected chi connectivity index (χ0v) is 9.16. The van der Waals surface area contributed by atoms with Crippen molar-refractivity contribution in [3.05, 3.63) is 27.8 Å². The van der Waals surface area contributed by atoms with Gasteiger partial charge in [0.1, 0.15) is 0 Å². The van der Waals surface area contributed by atoms with E-state index in [1.54, 1.807) is 12.1 Å². The maximum absolute atomic E-state index is 10.9. The van der Waals surface area contributed by atoms with Crippen LogP contribution in [-0.4, -0.2) is 11.7 Å². The molecule has 0 unspecified atom stereocenters. The molecule has 0 spiro atoms. The molecule has 0 atom stereocenters. The van der Waals surface area contributed by atoms with Crippen molar-refractivity contribution < 1.29 is 9.59 Å². The summed E-state index contributed by atoms with van der Waals surface area (Å²) in [6.07, 6.45) is 0. The van der Waals surface area contributed by atoms with E-state index in [9.17, 15) is 9.59 Å². The number of hydrogen-bond acceptors (Lipinski definition) is 2. The van der Waals surface area contributed by atoms with Crippen LogP contribution in [0.1, 0.15) is 6.92 Å². The molecule has 1 N–H and O–H groups in total. The van der Waals surface area contributed by atoms with E-state index in [0.29, 0.717) is 5.69 Å². The van der Waals surface area contributed by atoms with E-state index >= 15 is 0 Å². The molecule has 13 heavy (non-hydrogen) atoms. The van der Waals surface area contributed by atoms with E-state index in [4.69, 9.17) is 0 Å². The number of Topliss-reactive ketones (excluding diaryl/α,β-unsaturated/α-hetero) is 1. The Hall–Kier alpha value is -0.910. The summed E-state index contributed by atoms with van der Waals surface area (Å²) >= 11 is 2.16. The van der Waals surface area contributed by atoms with Gasteiger partial charge < -0.3 is 5.32 Å². The number of ketones is 1. The van der Waals surface area contributed by atoms with Crippen LogP contribution >= 0.6 is 22.6 Å². The van der Waals surface area contributed by atoms with Crippen molar-refractivity contribution >= 4 is 40.0 Å². The highest BCUT2D eigenvalue weighted by Gasteiger charge is 2.06. The summed E-state index contributed by atoms with van der Waals surface area (Å²) in [5.74, 6) is -1.07. The average Bonchev–Trinajstić information content (AvgIpc) is 2.08. The van der Waals surface area contributed by atoms with Crippen LogP contribution in [0.5, 0.6) is 0 Å². The molecule has 4 heteroatoms. The molecule has 0 aliphatic heterocycles. The second kappa shape index (κ2) is 4.36. The summed E-state index contributed by atoms with van der Waals surface area (Å²) in [5.41, 5.74) is 0.639. The van der Waals surface area contributed by atoms with Gasteiger partial charge in [-0.15, -0.1) is 0 Å². The fourth-order valence-electron chi connectivity index (χ4n) is 0.752. The van der Waals surface area contributed by atoms with Crippen LogP contribution in [0.25, 0.3) is 0 Å². The molecule has 68 valence electrons. The van der Waals surface area contributed by atoms with E-state index in [1.807, 2.05) is 12.1 Å². The topological polar surface area (TPSA) is 46.2 Å². The van der Waals surface area contributed by atoms with Crippen LogP contribution < -0.4 is 5.32 Å². The van der Waals surface area contributed by atoms with Crippen molar-refractivity contribution in [3.8, 4) is 0 Å². The lowest BCUT2D eigenvalue weighted by atomic mass is 10.3. The second-order valence-electron chi connectivity index (χ2n) is 2.52. The molecular weight excluding hydrogens is 281 g/mol. The fourth-order valence-corrected chi connectivity index (χ4v) is 1.11. The zero-order chi connectivity index (χ0) is 9.84. The van der Waals surface area contributed by atoms with Crippen LogP contribution in [0.2, 0.25) is 0 Å². The number of hydrogen-bond donors (Lipinski definition) is 1. The second-order valence-corrected chi connectivity index (χ2v) is 3.76. The Morgan fingerprint density at radius 2 is 1.77 bits per heavy atom. The van der Waals surface area contributed by atoms with Gasteiger partial charge in [-0.05, 0) is 46.9 Å². The monoisotopic (exact) mass is 289 g/mol. The minimum absolute atomic E-state index is 0.487. The third kappa shape index (κ3) is 3.14. The molecule has 0 heterocycles. The highest BCUT2D eigenvalue weighted by atomic mass is 127.